The van der Waals surface area contributed by atoms with Gasteiger partial charge in [-0.25, -0.2) is 0 Å². The highest BCUT2D eigenvalue weighted by Gasteiger charge is 2.46. The Hall–Kier alpha value is -1.12. The van der Waals surface area contributed by atoms with Crippen molar-refractivity contribution in [3.05, 3.63) is 47.5 Å². The van der Waals surface area contributed by atoms with Crippen LogP contribution in [0.1, 0.15) is 39.7 Å². The van der Waals surface area contributed by atoms with E-state index in [4.69, 9.17) is 9.47 Å². The molecule has 0 saturated heterocycles. The molecule has 0 spiro atoms. The molecule has 1 aliphatic rings. The fraction of sp³-hybridized carbons (Fsp3) is 0.579. The lowest BCUT2D eigenvalue weighted by molar-refractivity contribution is -0.253. The zero-order valence-corrected chi connectivity index (χ0v) is 13.9. The molecule has 0 saturated carbocycles. The number of methoxy groups -OCH3 is 1. The second-order valence-electron chi connectivity index (χ2n) is 6.40. The molecule has 0 N–H and O–H groups in total. The molecule has 1 aromatic carbocycles. The van der Waals surface area contributed by atoms with Crippen molar-refractivity contribution in [3.8, 4) is 0 Å². The van der Waals surface area contributed by atoms with Crippen molar-refractivity contribution in [1.82, 2.24) is 0 Å². The molecule has 1 aromatic rings. The number of ether oxygens (including phenoxy) is 2. The first kappa shape index (κ1) is 16.3. The van der Waals surface area contributed by atoms with E-state index in [-0.39, 0.29) is 6.10 Å². The van der Waals surface area contributed by atoms with Gasteiger partial charge >= 0.3 is 0 Å². The van der Waals surface area contributed by atoms with E-state index in [2.05, 4.69) is 64.1 Å². The van der Waals surface area contributed by atoms with Crippen molar-refractivity contribution in [2.75, 3.05) is 7.11 Å². The molecule has 2 nitrogen and oxygen atoms in total. The SMILES string of the molecule is COC1(OC(C)C)C(C)=CCC(Cc2ccccc2)C1C. The minimum atomic E-state index is -0.578. The number of benzene rings is 1. The molecule has 3 atom stereocenters. The third kappa shape index (κ3) is 3.38. The molecule has 2 rings (SSSR count). The first-order valence-corrected chi connectivity index (χ1v) is 7.93. The summed E-state index contributed by atoms with van der Waals surface area (Å²) in [6.07, 6.45) is 4.60. The van der Waals surface area contributed by atoms with Crippen LogP contribution in [0.4, 0.5) is 0 Å². The monoisotopic (exact) mass is 288 g/mol. The molecule has 0 heterocycles. The topological polar surface area (TPSA) is 18.5 Å². The van der Waals surface area contributed by atoms with Crippen LogP contribution in [-0.4, -0.2) is 19.0 Å². The minimum Gasteiger partial charge on any atom is -0.349 e. The normalized spacial score (nSPS) is 29.5. The van der Waals surface area contributed by atoms with E-state index < -0.39 is 5.79 Å². The van der Waals surface area contributed by atoms with E-state index in [0.29, 0.717) is 11.8 Å². The predicted octanol–water partition coefficient (Wildman–Crippen LogP) is 4.60. The van der Waals surface area contributed by atoms with E-state index >= 15 is 0 Å². The molecule has 116 valence electrons. The van der Waals surface area contributed by atoms with Crippen molar-refractivity contribution < 1.29 is 9.47 Å². The van der Waals surface area contributed by atoms with Crippen LogP contribution in [0.15, 0.2) is 42.0 Å². The van der Waals surface area contributed by atoms with Crippen LogP contribution in [-0.2, 0) is 15.9 Å². The number of rotatable bonds is 5. The Morgan fingerprint density at radius 3 is 2.48 bits per heavy atom. The zero-order valence-electron chi connectivity index (χ0n) is 13.9. The van der Waals surface area contributed by atoms with Gasteiger partial charge < -0.3 is 9.47 Å². The van der Waals surface area contributed by atoms with Crippen LogP contribution in [0.2, 0.25) is 0 Å². The van der Waals surface area contributed by atoms with Crippen molar-refractivity contribution in [2.45, 2.75) is 52.4 Å². The van der Waals surface area contributed by atoms with Gasteiger partial charge in [-0.05, 0) is 50.7 Å². The molecule has 0 aromatic heterocycles. The highest BCUT2D eigenvalue weighted by Crippen LogP contribution is 2.43. The third-order valence-electron chi connectivity index (χ3n) is 4.64. The second-order valence-corrected chi connectivity index (χ2v) is 6.40. The standard InChI is InChI=1S/C19H28O2/c1-14(2)21-19(20-5)15(3)11-12-18(16(19)4)13-17-9-7-6-8-10-17/h6-11,14,16,18H,12-13H2,1-5H3. The van der Waals surface area contributed by atoms with Gasteiger partial charge in [-0.15, -0.1) is 0 Å². The van der Waals surface area contributed by atoms with Crippen LogP contribution < -0.4 is 0 Å². The Morgan fingerprint density at radius 1 is 1.24 bits per heavy atom. The second kappa shape index (κ2) is 6.76. The van der Waals surface area contributed by atoms with Crippen LogP contribution in [0.5, 0.6) is 0 Å². The molecule has 0 radical (unpaired) electrons. The van der Waals surface area contributed by atoms with Gasteiger partial charge in [0.2, 0.25) is 0 Å². The summed E-state index contributed by atoms with van der Waals surface area (Å²) in [5.41, 5.74) is 2.59. The lowest BCUT2D eigenvalue weighted by Crippen LogP contribution is -2.49. The van der Waals surface area contributed by atoms with Crippen molar-refractivity contribution in [3.63, 3.8) is 0 Å². The minimum absolute atomic E-state index is 0.145. The maximum atomic E-state index is 6.23. The molecule has 1 aliphatic carbocycles. The fourth-order valence-corrected chi connectivity index (χ4v) is 3.47. The summed E-state index contributed by atoms with van der Waals surface area (Å²) in [6, 6.07) is 10.7. The number of allylic oxidation sites excluding steroid dienone is 1. The summed E-state index contributed by atoms with van der Waals surface area (Å²) < 4.78 is 12.1. The number of hydrogen-bond acceptors (Lipinski definition) is 2. The highest BCUT2D eigenvalue weighted by molar-refractivity contribution is 5.21. The quantitative estimate of drug-likeness (QED) is 0.582. The number of hydrogen-bond donors (Lipinski definition) is 0. The lowest BCUT2D eigenvalue weighted by atomic mass is 9.73. The third-order valence-corrected chi connectivity index (χ3v) is 4.64. The highest BCUT2D eigenvalue weighted by atomic mass is 16.7. The van der Waals surface area contributed by atoms with E-state index in [1.807, 2.05) is 0 Å². The smallest absolute Gasteiger partial charge is 0.193 e. The van der Waals surface area contributed by atoms with Crippen LogP contribution in [0.3, 0.4) is 0 Å². The summed E-state index contributed by atoms with van der Waals surface area (Å²) in [6.45, 7) is 8.53. The van der Waals surface area contributed by atoms with Gasteiger partial charge in [0.25, 0.3) is 0 Å². The molecular weight excluding hydrogens is 260 g/mol. The van der Waals surface area contributed by atoms with Crippen molar-refractivity contribution >= 4 is 0 Å². The Bertz CT molecular complexity index is 478. The molecule has 3 unspecified atom stereocenters. The fourth-order valence-electron chi connectivity index (χ4n) is 3.47. The first-order chi connectivity index (χ1) is 9.99. The van der Waals surface area contributed by atoms with Crippen LogP contribution in [0, 0.1) is 11.8 Å². The van der Waals surface area contributed by atoms with Crippen molar-refractivity contribution in [1.29, 1.82) is 0 Å². The molecule has 21 heavy (non-hydrogen) atoms. The molecule has 0 amide bonds. The van der Waals surface area contributed by atoms with E-state index in [1.165, 1.54) is 11.1 Å². The zero-order chi connectivity index (χ0) is 15.5. The Balaban J connectivity index is 2.23. The van der Waals surface area contributed by atoms with Crippen LogP contribution in [0.25, 0.3) is 0 Å². The van der Waals surface area contributed by atoms with E-state index in [9.17, 15) is 0 Å². The van der Waals surface area contributed by atoms with E-state index in [1.54, 1.807) is 7.11 Å². The predicted molar refractivity (Wildman–Crippen MR) is 87.1 cm³/mol. The maximum absolute atomic E-state index is 6.23. The van der Waals surface area contributed by atoms with Gasteiger partial charge in [-0.1, -0.05) is 43.3 Å². The average molecular weight is 288 g/mol. The van der Waals surface area contributed by atoms with Gasteiger partial charge in [0, 0.05) is 13.0 Å². The molecule has 2 heteroatoms. The molecule has 0 aliphatic heterocycles. The average Bonchev–Trinajstić information content (AvgIpc) is 2.47. The van der Waals surface area contributed by atoms with Gasteiger partial charge in [0.05, 0.1) is 6.10 Å². The Morgan fingerprint density at radius 2 is 1.90 bits per heavy atom. The summed E-state index contributed by atoms with van der Waals surface area (Å²) in [5.74, 6) is 0.288. The Kier molecular flexibility index (Phi) is 5.23. The lowest BCUT2D eigenvalue weighted by Gasteiger charge is -2.46. The van der Waals surface area contributed by atoms with E-state index in [0.717, 1.165) is 12.8 Å². The summed E-state index contributed by atoms with van der Waals surface area (Å²) in [5, 5.41) is 0. The summed E-state index contributed by atoms with van der Waals surface area (Å²) in [7, 11) is 1.76. The van der Waals surface area contributed by atoms with Gasteiger partial charge in [-0.2, -0.15) is 0 Å². The van der Waals surface area contributed by atoms with Gasteiger partial charge in [-0.3, -0.25) is 0 Å². The molecule has 0 fully saturated rings. The summed E-state index contributed by atoms with van der Waals surface area (Å²) in [4.78, 5) is 0. The molecule has 0 bridgehead atoms. The summed E-state index contributed by atoms with van der Waals surface area (Å²) >= 11 is 0. The first-order valence-electron chi connectivity index (χ1n) is 7.93. The van der Waals surface area contributed by atoms with Gasteiger partial charge in [0.1, 0.15) is 0 Å². The van der Waals surface area contributed by atoms with Crippen LogP contribution >= 0.6 is 0 Å². The largest absolute Gasteiger partial charge is 0.349 e. The molecular formula is C19H28O2. The van der Waals surface area contributed by atoms with Gasteiger partial charge in [0.15, 0.2) is 5.79 Å². The Labute approximate surface area is 129 Å². The van der Waals surface area contributed by atoms with Crippen molar-refractivity contribution in [2.24, 2.45) is 11.8 Å². The maximum Gasteiger partial charge on any atom is 0.193 e.